The van der Waals surface area contributed by atoms with Gasteiger partial charge >= 0.3 is 5.97 Å². The van der Waals surface area contributed by atoms with Crippen molar-refractivity contribution in [2.24, 2.45) is 62.1 Å². The lowest BCUT2D eigenvalue weighted by Gasteiger charge is -2.71. The summed E-state index contributed by atoms with van der Waals surface area (Å²) >= 11 is 0. The van der Waals surface area contributed by atoms with E-state index >= 15 is 0 Å². The molecule has 7 aliphatic rings. The lowest BCUT2D eigenvalue weighted by molar-refractivity contribution is -0.288. The molecule has 16 atom stereocenters. The zero-order valence-electron chi connectivity index (χ0n) is 44.4. The van der Waals surface area contributed by atoms with Crippen LogP contribution in [0.3, 0.4) is 0 Å². The molecular weight excluding hydrogens is 909 g/mol. The van der Waals surface area contributed by atoms with E-state index in [0.717, 1.165) is 80.0 Å². The number of fused-ring (bicyclic) bond motifs is 9. The Morgan fingerprint density at radius 1 is 0.658 bits per heavy atom. The van der Waals surface area contributed by atoms with Crippen LogP contribution in [0.2, 0.25) is 0 Å². The van der Waals surface area contributed by atoms with Crippen LogP contribution in [-0.2, 0) is 54.9 Å². The van der Waals surface area contributed by atoms with E-state index in [2.05, 4.69) is 59.8 Å². The van der Waals surface area contributed by atoms with Crippen molar-refractivity contribution in [1.82, 2.24) is 0 Å². The molecule has 0 spiro atoms. The fourth-order valence-corrected chi connectivity index (χ4v) is 17.2. The van der Waals surface area contributed by atoms with Gasteiger partial charge in [-0.2, -0.15) is 0 Å². The molecule has 73 heavy (non-hydrogen) atoms. The number of benzene rings is 4. The summed E-state index contributed by atoms with van der Waals surface area (Å²) in [5.74, 6) is 1.49. The fourth-order valence-electron chi connectivity index (χ4n) is 17.2. The second kappa shape index (κ2) is 19.8. The van der Waals surface area contributed by atoms with Crippen LogP contribution in [0.5, 0.6) is 0 Å². The van der Waals surface area contributed by atoms with Gasteiger partial charge in [-0.1, -0.05) is 175 Å². The smallest absolute Gasteiger partial charge is 0.313 e. The minimum atomic E-state index is -1.10. The first-order valence-corrected chi connectivity index (χ1v) is 28.0. The number of rotatable bonds is 15. The van der Waals surface area contributed by atoms with Crippen LogP contribution in [0, 0.1) is 62.1 Å². The van der Waals surface area contributed by atoms with Gasteiger partial charge in [0.2, 0.25) is 0 Å². The lowest BCUT2D eigenvalue weighted by atomic mass is 9.33. The molecule has 4 aromatic rings. The molecule has 0 amide bonds. The topological polar surface area (TPSA) is 104 Å². The van der Waals surface area contributed by atoms with Gasteiger partial charge in [-0.25, -0.2) is 0 Å². The third kappa shape index (κ3) is 8.90. The summed E-state index contributed by atoms with van der Waals surface area (Å²) in [7, 11) is 0. The molecule has 6 fully saturated rings. The maximum absolute atomic E-state index is 14.7. The van der Waals surface area contributed by atoms with Gasteiger partial charge in [-0.15, -0.1) is 0 Å². The van der Waals surface area contributed by atoms with Gasteiger partial charge in [-0.3, -0.25) is 4.79 Å². The Morgan fingerprint density at radius 2 is 1.22 bits per heavy atom. The minimum absolute atomic E-state index is 0.0226. The van der Waals surface area contributed by atoms with Crippen LogP contribution >= 0.6 is 0 Å². The molecule has 1 saturated heterocycles. The average Bonchev–Trinajstić information content (AvgIpc) is 4.09. The second-order valence-corrected chi connectivity index (χ2v) is 25.6. The van der Waals surface area contributed by atoms with Gasteiger partial charge in [0.05, 0.1) is 37.9 Å². The number of carbonyl (C=O) groups excluding carboxylic acids is 1. The number of carbonyl (C=O) groups is 1. The van der Waals surface area contributed by atoms with Crippen molar-refractivity contribution in [3.8, 4) is 0 Å². The van der Waals surface area contributed by atoms with Gasteiger partial charge in [0, 0.05) is 0 Å². The summed E-state index contributed by atoms with van der Waals surface area (Å²) in [5.41, 5.74) is 5.30. The monoisotopic (exact) mass is 991 g/mol. The van der Waals surface area contributed by atoms with Crippen LogP contribution in [0.25, 0.3) is 0 Å². The van der Waals surface area contributed by atoms with Crippen LogP contribution < -0.4 is 0 Å². The standard InChI is InChI=1S/C65H82O8/c1-60(2)48(54(66)58-57(71-40-45-23-15-9-16-24-45)55(67)56(70-39-44-21-13-8-14-22-44)50(73-58)42-69-38-43-19-11-7-12-20-43)29-31-62(4)51(60)30-32-64(6)52(62)28-27-47-53-49-37-61(49,3)33-35-65(53,36-34-63(47,64)5)59(68)72-41-46-25-17-10-18-26-46/h7-27,48-58,66-67H,28-42H2,1-6H3/t48-,49?,50?,51?,52?,53?,54?,55?,56+,57?,58-,61+,62-,63+,64+,65-/m0/s1. The summed E-state index contributed by atoms with van der Waals surface area (Å²) < 4.78 is 33.3. The van der Waals surface area contributed by atoms with E-state index in [1.807, 2.05) is 109 Å². The second-order valence-electron chi connectivity index (χ2n) is 25.6. The molecule has 390 valence electrons. The van der Waals surface area contributed by atoms with E-state index in [9.17, 15) is 15.0 Å². The number of hydrogen-bond donors (Lipinski definition) is 2. The molecule has 0 radical (unpaired) electrons. The highest BCUT2D eigenvalue weighted by molar-refractivity contribution is 5.79. The molecule has 0 aromatic heterocycles. The summed E-state index contributed by atoms with van der Waals surface area (Å²) in [6.45, 7) is 16.6. The highest BCUT2D eigenvalue weighted by Crippen LogP contribution is 2.80. The molecule has 8 nitrogen and oxygen atoms in total. The average molecular weight is 991 g/mol. The highest BCUT2D eigenvalue weighted by atomic mass is 16.6. The number of ether oxygens (including phenoxy) is 5. The number of allylic oxidation sites excluding steroid dienone is 2. The quantitative estimate of drug-likeness (QED) is 0.0897. The van der Waals surface area contributed by atoms with Gasteiger partial charge in [-0.05, 0) is 143 Å². The first-order chi connectivity index (χ1) is 35.1. The molecule has 1 heterocycles. The zero-order chi connectivity index (χ0) is 50.8. The molecule has 1 aliphatic heterocycles. The Kier molecular flexibility index (Phi) is 13.8. The molecule has 5 saturated carbocycles. The maximum atomic E-state index is 14.7. The van der Waals surface area contributed by atoms with Crippen molar-refractivity contribution < 1.29 is 38.7 Å². The third-order valence-electron chi connectivity index (χ3n) is 21.6. The van der Waals surface area contributed by atoms with Gasteiger partial charge < -0.3 is 33.9 Å². The largest absolute Gasteiger partial charge is 0.460 e. The van der Waals surface area contributed by atoms with E-state index in [1.54, 1.807) is 5.57 Å². The lowest BCUT2D eigenvalue weighted by Crippen LogP contribution is -2.67. The Balaban J connectivity index is 0.864. The fraction of sp³-hybridized carbons (Fsp3) is 0.585. The molecule has 8 unspecified atom stereocenters. The molecule has 6 aliphatic carbocycles. The normalized spacial score (nSPS) is 39.5. The first kappa shape index (κ1) is 51.0. The Bertz CT molecular complexity index is 2570. The zero-order valence-corrected chi connectivity index (χ0v) is 44.4. The third-order valence-corrected chi connectivity index (χ3v) is 21.6. The Hall–Kier alpha value is -4.15. The predicted molar refractivity (Wildman–Crippen MR) is 283 cm³/mol. The van der Waals surface area contributed by atoms with E-state index in [1.165, 1.54) is 6.42 Å². The predicted octanol–water partition coefficient (Wildman–Crippen LogP) is 12.6. The van der Waals surface area contributed by atoms with E-state index < -0.39 is 42.0 Å². The van der Waals surface area contributed by atoms with Gasteiger partial charge in [0.15, 0.2) is 0 Å². The van der Waals surface area contributed by atoms with Crippen molar-refractivity contribution >= 4 is 5.97 Å². The number of aliphatic hydroxyl groups excluding tert-OH is 2. The summed E-state index contributed by atoms with van der Waals surface area (Å²) in [6.07, 6.45) is 7.73. The van der Waals surface area contributed by atoms with Gasteiger partial charge in [0.1, 0.15) is 37.1 Å². The molecule has 2 N–H and O–H groups in total. The molecule has 4 aromatic carbocycles. The number of esters is 1. The van der Waals surface area contributed by atoms with Crippen molar-refractivity contribution in [3.63, 3.8) is 0 Å². The Morgan fingerprint density at radius 3 is 1.84 bits per heavy atom. The van der Waals surface area contributed by atoms with Crippen LogP contribution in [-0.4, -0.2) is 59.4 Å². The number of aliphatic hydroxyl groups is 2. The van der Waals surface area contributed by atoms with Crippen LogP contribution in [0.4, 0.5) is 0 Å². The highest BCUT2D eigenvalue weighted by Gasteiger charge is 2.74. The van der Waals surface area contributed by atoms with Gasteiger partial charge in [0.25, 0.3) is 0 Å². The van der Waals surface area contributed by atoms with Crippen LogP contribution in [0.1, 0.15) is 128 Å². The maximum Gasteiger partial charge on any atom is 0.313 e. The summed E-state index contributed by atoms with van der Waals surface area (Å²) in [4.78, 5) is 14.7. The first-order valence-electron chi connectivity index (χ1n) is 28.0. The minimum Gasteiger partial charge on any atom is -0.460 e. The van der Waals surface area contributed by atoms with Crippen LogP contribution in [0.15, 0.2) is 133 Å². The summed E-state index contributed by atoms with van der Waals surface area (Å²) in [5, 5.41) is 25.8. The van der Waals surface area contributed by atoms with Crippen molar-refractivity contribution in [3.05, 3.63) is 155 Å². The summed E-state index contributed by atoms with van der Waals surface area (Å²) in [6, 6.07) is 40.3. The van der Waals surface area contributed by atoms with E-state index in [4.69, 9.17) is 23.7 Å². The molecule has 0 bridgehead atoms. The number of hydrogen-bond acceptors (Lipinski definition) is 8. The van der Waals surface area contributed by atoms with E-state index in [-0.39, 0.29) is 59.3 Å². The SMILES string of the molecule is CC1(C)C2CC[C@]3(C)C(CC=C4C5C6C[C@@]6(C)CC[C@]5(C(=O)OCc5ccccc5)CC[C@]43C)[C@@]2(C)CC[C@H]1C(O)[C@@H]1OC(COCc2ccccc2)[C@@H](OCc2ccccc2)C(O)C1OCc1ccccc1. The van der Waals surface area contributed by atoms with Crippen molar-refractivity contribution in [2.45, 2.75) is 169 Å². The molecular formula is C65H82O8. The molecule has 8 heteroatoms. The Labute approximate surface area is 435 Å². The van der Waals surface area contributed by atoms with E-state index in [0.29, 0.717) is 36.4 Å². The van der Waals surface area contributed by atoms with Crippen molar-refractivity contribution in [2.75, 3.05) is 6.61 Å². The van der Waals surface area contributed by atoms with Crippen molar-refractivity contribution in [1.29, 1.82) is 0 Å². The molecule has 11 rings (SSSR count).